The average Bonchev–Trinajstić information content (AvgIpc) is 2.26. The molecule has 4 heteroatoms. The number of hydrogen-bond donors (Lipinski definition) is 1. The van der Waals surface area contributed by atoms with Crippen LogP contribution in [0.4, 0.5) is 0 Å². The second-order valence-electron chi connectivity index (χ2n) is 3.96. The molecule has 5 unspecified atom stereocenters. The molecule has 2 fully saturated rings. The lowest BCUT2D eigenvalue weighted by Gasteiger charge is -2.40. The highest BCUT2D eigenvalue weighted by atomic mass is 16.8. The molecule has 0 spiro atoms. The molecule has 2 saturated heterocycles. The fourth-order valence-corrected chi connectivity index (χ4v) is 2.08. The largest absolute Gasteiger partial charge is 0.368 e. The maximum Gasteiger partial charge on any atom is 0.157 e. The summed E-state index contributed by atoms with van der Waals surface area (Å²) in [4.78, 5) is 0. The monoisotopic (exact) mass is 188 g/mol. The Morgan fingerprint density at radius 1 is 1.31 bits per heavy atom. The van der Waals surface area contributed by atoms with E-state index in [0.29, 0.717) is 6.42 Å². The molecule has 13 heavy (non-hydrogen) atoms. The van der Waals surface area contributed by atoms with Crippen LogP contribution in [-0.2, 0) is 14.2 Å². The second-order valence-corrected chi connectivity index (χ2v) is 3.96. The van der Waals surface area contributed by atoms with Crippen LogP contribution in [0, 0.1) is 0 Å². The quantitative estimate of drug-likeness (QED) is 0.606. The number of rotatable bonds is 0. The van der Waals surface area contributed by atoms with E-state index in [0.717, 1.165) is 0 Å². The lowest BCUT2D eigenvalue weighted by Crippen LogP contribution is -2.54. The van der Waals surface area contributed by atoms with Gasteiger partial charge in [0.1, 0.15) is 5.60 Å². The third-order valence-corrected chi connectivity index (χ3v) is 3.00. The van der Waals surface area contributed by atoms with Gasteiger partial charge in [0.2, 0.25) is 0 Å². The van der Waals surface area contributed by atoms with E-state index in [4.69, 9.17) is 14.2 Å². The van der Waals surface area contributed by atoms with Crippen molar-refractivity contribution in [2.45, 2.75) is 57.6 Å². The molecule has 2 aliphatic heterocycles. The number of ether oxygens (including phenoxy) is 3. The Balaban J connectivity index is 2.18. The molecule has 0 aliphatic carbocycles. The summed E-state index contributed by atoms with van der Waals surface area (Å²) < 4.78 is 16.5. The van der Waals surface area contributed by atoms with E-state index in [1.807, 2.05) is 20.8 Å². The summed E-state index contributed by atoms with van der Waals surface area (Å²) in [5.74, 6) is 0. The zero-order valence-electron chi connectivity index (χ0n) is 8.19. The van der Waals surface area contributed by atoms with Crippen molar-refractivity contribution in [3.05, 3.63) is 0 Å². The molecule has 76 valence electrons. The Labute approximate surface area is 77.8 Å². The Kier molecular flexibility index (Phi) is 2.11. The number of aliphatic hydroxyl groups is 1. The summed E-state index contributed by atoms with van der Waals surface area (Å²) in [6, 6.07) is 0. The molecule has 0 amide bonds. The van der Waals surface area contributed by atoms with Gasteiger partial charge in [0, 0.05) is 6.42 Å². The van der Waals surface area contributed by atoms with Crippen LogP contribution in [0.3, 0.4) is 0 Å². The third-order valence-electron chi connectivity index (χ3n) is 3.00. The van der Waals surface area contributed by atoms with Crippen molar-refractivity contribution in [2.75, 3.05) is 0 Å². The Bertz CT molecular complexity index is 208. The summed E-state index contributed by atoms with van der Waals surface area (Å²) in [6.07, 6.45) is -0.619. The Morgan fingerprint density at radius 3 is 2.69 bits per heavy atom. The van der Waals surface area contributed by atoms with Gasteiger partial charge in [-0.15, -0.1) is 0 Å². The molecule has 0 bridgehead atoms. The Morgan fingerprint density at radius 2 is 2.00 bits per heavy atom. The summed E-state index contributed by atoms with van der Waals surface area (Å²) in [6.45, 7) is 5.73. The number of hydrogen-bond acceptors (Lipinski definition) is 4. The second kappa shape index (κ2) is 2.92. The first-order chi connectivity index (χ1) is 6.02. The molecule has 2 rings (SSSR count). The van der Waals surface area contributed by atoms with Crippen molar-refractivity contribution in [1.29, 1.82) is 0 Å². The molecule has 0 aromatic carbocycles. The average molecular weight is 188 g/mol. The van der Waals surface area contributed by atoms with Gasteiger partial charge in [0.15, 0.2) is 12.6 Å². The fourth-order valence-electron chi connectivity index (χ4n) is 2.08. The SMILES string of the molecule is CC1OC2CC(O)OC(C)C2(C)O1. The maximum absolute atomic E-state index is 9.37. The van der Waals surface area contributed by atoms with Gasteiger partial charge in [-0.2, -0.15) is 0 Å². The first kappa shape index (κ1) is 9.40. The highest BCUT2D eigenvalue weighted by molar-refractivity contribution is 4.98. The molecule has 4 nitrogen and oxygen atoms in total. The zero-order chi connectivity index (χ0) is 9.64. The lowest BCUT2D eigenvalue weighted by atomic mass is 9.88. The Hall–Kier alpha value is -0.160. The van der Waals surface area contributed by atoms with Crippen LogP contribution in [0.1, 0.15) is 27.2 Å². The summed E-state index contributed by atoms with van der Waals surface area (Å²) in [5.41, 5.74) is -0.404. The van der Waals surface area contributed by atoms with Gasteiger partial charge in [-0.3, -0.25) is 0 Å². The van der Waals surface area contributed by atoms with Gasteiger partial charge >= 0.3 is 0 Å². The first-order valence-electron chi connectivity index (χ1n) is 4.69. The molecule has 0 saturated carbocycles. The maximum atomic E-state index is 9.37. The van der Waals surface area contributed by atoms with Crippen molar-refractivity contribution in [3.8, 4) is 0 Å². The van der Waals surface area contributed by atoms with Crippen LogP contribution >= 0.6 is 0 Å². The molecule has 2 heterocycles. The molecule has 0 radical (unpaired) electrons. The molecule has 2 aliphatic rings. The van der Waals surface area contributed by atoms with Crippen LogP contribution in [0.2, 0.25) is 0 Å². The molecule has 0 aromatic rings. The van der Waals surface area contributed by atoms with E-state index in [-0.39, 0.29) is 18.5 Å². The topological polar surface area (TPSA) is 47.9 Å². The van der Waals surface area contributed by atoms with E-state index < -0.39 is 11.9 Å². The predicted octanol–water partition coefficient (Wildman–Crippen LogP) is 0.634. The summed E-state index contributed by atoms with van der Waals surface area (Å²) in [5, 5.41) is 9.37. The van der Waals surface area contributed by atoms with Gasteiger partial charge in [-0.25, -0.2) is 0 Å². The molecule has 0 aromatic heterocycles. The van der Waals surface area contributed by atoms with Gasteiger partial charge < -0.3 is 19.3 Å². The summed E-state index contributed by atoms with van der Waals surface area (Å²) >= 11 is 0. The van der Waals surface area contributed by atoms with E-state index >= 15 is 0 Å². The van der Waals surface area contributed by atoms with Gasteiger partial charge in [0.05, 0.1) is 12.2 Å². The zero-order valence-corrected chi connectivity index (χ0v) is 8.19. The number of aliphatic hydroxyl groups excluding tert-OH is 1. The normalized spacial score (nSPS) is 56.3. The van der Waals surface area contributed by atoms with E-state index in [1.54, 1.807) is 0 Å². The van der Waals surface area contributed by atoms with Crippen molar-refractivity contribution in [2.24, 2.45) is 0 Å². The minimum absolute atomic E-state index is 0.0544. The van der Waals surface area contributed by atoms with Crippen molar-refractivity contribution in [3.63, 3.8) is 0 Å². The third kappa shape index (κ3) is 1.38. The van der Waals surface area contributed by atoms with Gasteiger partial charge in [-0.05, 0) is 20.8 Å². The first-order valence-corrected chi connectivity index (χ1v) is 4.69. The van der Waals surface area contributed by atoms with E-state index in [2.05, 4.69) is 0 Å². The fraction of sp³-hybridized carbons (Fsp3) is 1.00. The smallest absolute Gasteiger partial charge is 0.157 e. The standard InChI is InChI=1S/C9H16O4/c1-5-9(3)7(4-8(10)11-5)12-6(2)13-9/h5-8,10H,4H2,1-3H3. The van der Waals surface area contributed by atoms with Crippen LogP contribution in [0.5, 0.6) is 0 Å². The minimum Gasteiger partial charge on any atom is -0.368 e. The van der Waals surface area contributed by atoms with Gasteiger partial charge in [-0.1, -0.05) is 0 Å². The van der Waals surface area contributed by atoms with E-state index in [1.165, 1.54) is 0 Å². The van der Waals surface area contributed by atoms with Crippen LogP contribution in [0.15, 0.2) is 0 Å². The minimum atomic E-state index is -0.720. The van der Waals surface area contributed by atoms with Crippen LogP contribution in [0.25, 0.3) is 0 Å². The predicted molar refractivity (Wildman–Crippen MR) is 45.0 cm³/mol. The molecule has 1 N–H and O–H groups in total. The molecule has 5 atom stereocenters. The lowest BCUT2D eigenvalue weighted by molar-refractivity contribution is -0.234. The highest BCUT2D eigenvalue weighted by Gasteiger charge is 2.53. The number of fused-ring (bicyclic) bond motifs is 1. The van der Waals surface area contributed by atoms with Crippen molar-refractivity contribution in [1.82, 2.24) is 0 Å². The van der Waals surface area contributed by atoms with Crippen LogP contribution < -0.4 is 0 Å². The summed E-state index contributed by atoms with van der Waals surface area (Å²) in [7, 11) is 0. The van der Waals surface area contributed by atoms with Crippen molar-refractivity contribution < 1.29 is 19.3 Å². The highest BCUT2D eigenvalue weighted by Crippen LogP contribution is 2.40. The van der Waals surface area contributed by atoms with E-state index in [9.17, 15) is 5.11 Å². The molecular formula is C9H16O4. The van der Waals surface area contributed by atoms with Gasteiger partial charge in [0.25, 0.3) is 0 Å². The molecular weight excluding hydrogens is 172 g/mol. The van der Waals surface area contributed by atoms with Crippen LogP contribution in [-0.4, -0.2) is 35.5 Å². The van der Waals surface area contributed by atoms with Crippen molar-refractivity contribution >= 4 is 0 Å².